The lowest BCUT2D eigenvalue weighted by atomic mass is 10.2. The molecule has 2 fully saturated rings. The van der Waals surface area contributed by atoms with Gasteiger partial charge in [0.2, 0.25) is 5.91 Å². The van der Waals surface area contributed by atoms with Crippen molar-refractivity contribution in [2.75, 3.05) is 6.61 Å². The zero-order valence-electron chi connectivity index (χ0n) is 12.3. The van der Waals surface area contributed by atoms with E-state index in [9.17, 15) is 9.18 Å². The van der Waals surface area contributed by atoms with Crippen molar-refractivity contribution in [3.8, 4) is 5.75 Å². The highest BCUT2D eigenvalue weighted by Crippen LogP contribution is 2.34. The minimum absolute atomic E-state index is 0.167. The standard InChI is InChI=1S/C17H22FNO2/c18-15-7-3-4-8-16(15)21-12-11-17(20)19(14-9-10-14)13-5-1-2-6-13/h3-4,7-8,13-14H,1-2,5-6,9-12H2. The molecule has 0 spiro atoms. The van der Waals surface area contributed by atoms with E-state index in [1.54, 1.807) is 18.2 Å². The van der Waals surface area contributed by atoms with Crippen molar-refractivity contribution in [2.45, 2.75) is 57.0 Å². The fourth-order valence-corrected chi connectivity index (χ4v) is 3.18. The summed E-state index contributed by atoms with van der Waals surface area (Å²) < 4.78 is 18.8. The summed E-state index contributed by atoms with van der Waals surface area (Å²) in [5, 5.41) is 0. The van der Waals surface area contributed by atoms with E-state index in [4.69, 9.17) is 4.74 Å². The summed E-state index contributed by atoms with van der Waals surface area (Å²) in [5.41, 5.74) is 0. The molecule has 0 bridgehead atoms. The molecule has 0 saturated heterocycles. The lowest BCUT2D eigenvalue weighted by Gasteiger charge is -2.29. The SMILES string of the molecule is O=C(CCOc1ccccc1F)N(C1CCCC1)C1CC1. The van der Waals surface area contributed by atoms with Crippen LogP contribution in [0.15, 0.2) is 24.3 Å². The molecule has 0 atom stereocenters. The minimum atomic E-state index is -0.375. The fraction of sp³-hybridized carbons (Fsp3) is 0.588. The van der Waals surface area contributed by atoms with Crippen molar-refractivity contribution in [3.63, 3.8) is 0 Å². The van der Waals surface area contributed by atoms with Crippen LogP contribution in [0.25, 0.3) is 0 Å². The van der Waals surface area contributed by atoms with Crippen LogP contribution in [0.4, 0.5) is 4.39 Å². The van der Waals surface area contributed by atoms with E-state index >= 15 is 0 Å². The molecule has 0 heterocycles. The zero-order valence-corrected chi connectivity index (χ0v) is 12.3. The number of carbonyl (C=O) groups excluding carboxylic acids is 1. The van der Waals surface area contributed by atoms with Crippen molar-refractivity contribution >= 4 is 5.91 Å². The Hall–Kier alpha value is -1.58. The molecule has 2 aliphatic rings. The predicted molar refractivity (Wildman–Crippen MR) is 78.6 cm³/mol. The molecule has 1 amide bonds. The predicted octanol–water partition coefficient (Wildman–Crippen LogP) is 3.53. The van der Waals surface area contributed by atoms with E-state index in [1.165, 1.54) is 18.9 Å². The van der Waals surface area contributed by atoms with E-state index in [0.717, 1.165) is 25.7 Å². The van der Waals surface area contributed by atoms with Crippen molar-refractivity contribution in [1.82, 2.24) is 4.90 Å². The zero-order chi connectivity index (χ0) is 14.7. The van der Waals surface area contributed by atoms with Gasteiger partial charge in [-0.2, -0.15) is 0 Å². The Bertz CT molecular complexity index is 495. The summed E-state index contributed by atoms with van der Waals surface area (Å²) >= 11 is 0. The Balaban J connectivity index is 1.51. The first-order valence-electron chi connectivity index (χ1n) is 7.94. The third kappa shape index (κ3) is 3.55. The second-order valence-electron chi connectivity index (χ2n) is 6.00. The van der Waals surface area contributed by atoms with E-state index < -0.39 is 0 Å². The van der Waals surface area contributed by atoms with Crippen LogP contribution in [0.2, 0.25) is 0 Å². The smallest absolute Gasteiger partial charge is 0.226 e. The topological polar surface area (TPSA) is 29.5 Å². The molecule has 3 rings (SSSR count). The van der Waals surface area contributed by atoms with Crippen LogP contribution in [0.1, 0.15) is 44.9 Å². The van der Waals surface area contributed by atoms with Gasteiger partial charge in [0.1, 0.15) is 0 Å². The van der Waals surface area contributed by atoms with Gasteiger partial charge in [-0.1, -0.05) is 25.0 Å². The number of nitrogens with zero attached hydrogens (tertiary/aromatic N) is 1. The van der Waals surface area contributed by atoms with Crippen LogP contribution < -0.4 is 4.74 Å². The highest BCUT2D eigenvalue weighted by atomic mass is 19.1. The van der Waals surface area contributed by atoms with E-state index in [1.807, 2.05) is 0 Å². The second-order valence-corrected chi connectivity index (χ2v) is 6.00. The van der Waals surface area contributed by atoms with E-state index in [0.29, 0.717) is 18.5 Å². The van der Waals surface area contributed by atoms with E-state index in [2.05, 4.69) is 4.90 Å². The second kappa shape index (κ2) is 6.46. The number of hydrogen-bond donors (Lipinski definition) is 0. The van der Waals surface area contributed by atoms with Gasteiger partial charge in [-0.15, -0.1) is 0 Å². The van der Waals surface area contributed by atoms with Gasteiger partial charge in [0.15, 0.2) is 11.6 Å². The average Bonchev–Trinajstić information content (AvgIpc) is 3.15. The van der Waals surface area contributed by atoms with Gasteiger partial charge in [-0.25, -0.2) is 4.39 Å². The summed E-state index contributed by atoms with van der Waals surface area (Å²) in [6, 6.07) is 7.20. The fourth-order valence-electron chi connectivity index (χ4n) is 3.18. The maximum absolute atomic E-state index is 13.4. The first-order chi connectivity index (χ1) is 10.3. The monoisotopic (exact) mass is 291 g/mol. The Labute approximate surface area is 125 Å². The van der Waals surface area contributed by atoms with Crippen molar-refractivity contribution in [2.24, 2.45) is 0 Å². The largest absolute Gasteiger partial charge is 0.490 e. The van der Waals surface area contributed by atoms with Crippen molar-refractivity contribution < 1.29 is 13.9 Å². The van der Waals surface area contributed by atoms with Crippen molar-refractivity contribution in [1.29, 1.82) is 0 Å². The maximum atomic E-state index is 13.4. The Morgan fingerprint density at radius 1 is 1.14 bits per heavy atom. The molecule has 0 aromatic heterocycles. The molecule has 21 heavy (non-hydrogen) atoms. The summed E-state index contributed by atoms with van der Waals surface area (Å²) in [4.78, 5) is 14.5. The van der Waals surface area contributed by atoms with E-state index in [-0.39, 0.29) is 24.1 Å². The molecule has 2 aliphatic carbocycles. The Kier molecular flexibility index (Phi) is 4.42. The third-order valence-corrected chi connectivity index (χ3v) is 4.36. The first-order valence-corrected chi connectivity index (χ1v) is 7.94. The Morgan fingerprint density at radius 2 is 1.81 bits per heavy atom. The molecular weight excluding hydrogens is 269 g/mol. The molecule has 4 heteroatoms. The molecular formula is C17H22FNO2. The quantitative estimate of drug-likeness (QED) is 0.802. The van der Waals surface area contributed by atoms with Gasteiger partial charge in [0.25, 0.3) is 0 Å². The van der Waals surface area contributed by atoms with Crippen LogP contribution in [-0.4, -0.2) is 29.5 Å². The van der Waals surface area contributed by atoms with Crippen LogP contribution in [0.5, 0.6) is 5.75 Å². The molecule has 0 aliphatic heterocycles. The summed E-state index contributed by atoms with van der Waals surface area (Å²) in [6.45, 7) is 0.246. The molecule has 1 aromatic rings. The molecule has 0 unspecified atom stereocenters. The highest BCUT2D eigenvalue weighted by molar-refractivity contribution is 5.77. The van der Waals surface area contributed by atoms with Crippen molar-refractivity contribution in [3.05, 3.63) is 30.1 Å². The molecule has 0 N–H and O–H groups in total. The number of carbonyl (C=O) groups is 1. The van der Waals surface area contributed by atoms with Gasteiger partial charge in [0, 0.05) is 12.1 Å². The van der Waals surface area contributed by atoms with Gasteiger partial charge < -0.3 is 9.64 Å². The molecule has 2 saturated carbocycles. The third-order valence-electron chi connectivity index (χ3n) is 4.36. The summed E-state index contributed by atoms with van der Waals surface area (Å²) in [6.07, 6.45) is 7.33. The number of halogens is 1. The number of hydrogen-bond acceptors (Lipinski definition) is 2. The van der Waals surface area contributed by atoms with Crippen LogP contribution in [-0.2, 0) is 4.79 Å². The number of rotatable bonds is 6. The summed E-state index contributed by atoms with van der Waals surface area (Å²) in [7, 11) is 0. The van der Waals surface area contributed by atoms with Gasteiger partial charge >= 0.3 is 0 Å². The Morgan fingerprint density at radius 3 is 2.48 bits per heavy atom. The van der Waals surface area contributed by atoms with Crippen LogP contribution in [0, 0.1) is 5.82 Å². The summed E-state index contributed by atoms with van der Waals surface area (Å²) in [5.74, 6) is 0.0182. The maximum Gasteiger partial charge on any atom is 0.226 e. The number of para-hydroxylation sites is 1. The number of amides is 1. The molecule has 3 nitrogen and oxygen atoms in total. The van der Waals surface area contributed by atoms with Gasteiger partial charge in [-0.05, 0) is 37.8 Å². The van der Waals surface area contributed by atoms with Gasteiger partial charge in [0.05, 0.1) is 13.0 Å². The number of ether oxygens (including phenoxy) is 1. The highest BCUT2D eigenvalue weighted by Gasteiger charge is 2.37. The molecule has 0 radical (unpaired) electrons. The molecule has 1 aromatic carbocycles. The lowest BCUT2D eigenvalue weighted by molar-refractivity contribution is -0.134. The lowest BCUT2D eigenvalue weighted by Crippen LogP contribution is -2.41. The number of benzene rings is 1. The molecule has 114 valence electrons. The van der Waals surface area contributed by atoms with Crippen LogP contribution >= 0.6 is 0 Å². The van der Waals surface area contributed by atoms with Crippen LogP contribution in [0.3, 0.4) is 0 Å². The normalized spacial score (nSPS) is 18.7. The first kappa shape index (κ1) is 14.4. The van der Waals surface area contributed by atoms with Gasteiger partial charge in [-0.3, -0.25) is 4.79 Å². The minimum Gasteiger partial charge on any atom is -0.490 e. The average molecular weight is 291 g/mol.